The fraction of sp³-hybridized carbons (Fsp3) is 0.688. The van der Waals surface area contributed by atoms with Crippen molar-refractivity contribution in [3.8, 4) is 0 Å². The Hall–Kier alpha value is -1.09. The van der Waals surface area contributed by atoms with Crippen molar-refractivity contribution in [1.82, 2.24) is 0 Å². The van der Waals surface area contributed by atoms with Crippen LogP contribution in [0.15, 0.2) is 23.5 Å². The Labute approximate surface area is 115 Å². The third-order valence-corrected chi connectivity index (χ3v) is 3.86. The Morgan fingerprint density at radius 3 is 3.00 bits per heavy atom. The molecule has 1 aliphatic heterocycles. The third kappa shape index (κ3) is 3.69. The second-order valence-electron chi connectivity index (χ2n) is 5.46. The van der Waals surface area contributed by atoms with Crippen molar-refractivity contribution in [1.29, 1.82) is 0 Å². The number of ether oxygens (including phenoxy) is 1. The third-order valence-electron chi connectivity index (χ3n) is 3.86. The van der Waals surface area contributed by atoms with Gasteiger partial charge in [-0.05, 0) is 25.3 Å². The highest BCUT2D eigenvalue weighted by Crippen LogP contribution is 2.34. The van der Waals surface area contributed by atoms with Gasteiger partial charge in [-0.2, -0.15) is 0 Å². The van der Waals surface area contributed by atoms with Crippen LogP contribution >= 0.6 is 0 Å². The van der Waals surface area contributed by atoms with Crippen LogP contribution in [0, 0.1) is 0 Å². The molecule has 19 heavy (non-hydrogen) atoms. The largest absolute Gasteiger partial charge is 0.490 e. The van der Waals surface area contributed by atoms with Gasteiger partial charge in [-0.1, -0.05) is 32.3 Å². The van der Waals surface area contributed by atoms with Crippen molar-refractivity contribution in [3.63, 3.8) is 0 Å². The molecular weight excluding hydrogens is 240 g/mol. The number of hydrogen-bond acceptors (Lipinski definition) is 3. The minimum Gasteiger partial charge on any atom is -0.490 e. The molecule has 0 bridgehead atoms. The lowest BCUT2D eigenvalue weighted by Gasteiger charge is -2.16. The van der Waals surface area contributed by atoms with Crippen LogP contribution in [0.5, 0.6) is 0 Å². The molecule has 0 aromatic rings. The number of unbranched alkanes of at least 4 members (excludes halogenated alkanes) is 4. The molecule has 0 spiro atoms. The molecule has 0 saturated carbocycles. The lowest BCUT2D eigenvalue weighted by atomic mass is 9.92. The van der Waals surface area contributed by atoms with E-state index in [1.54, 1.807) is 0 Å². The van der Waals surface area contributed by atoms with Gasteiger partial charge in [0, 0.05) is 18.4 Å². The molecule has 0 unspecified atom stereocenters. The van der Waals surface area contributed by atoms with Crippen LogP contribution in [-0.4, -0.2) is 23.1 Å². The number of rotatable bonds is 6. The van der Waals surface area contributed by atoms with Crippen molar-refractivity contribution in [3.05, 3.63) is 23.5 Å². The van der Waals surface area contributed by atoms with E-state index in [-0.39, 0.29) is 11.9 Å². The zero-order chi connectivity index (χ0) is 13.7. The summed E-state index contributed by atoms with van der Waals surface area (Å²) in [5.41, 5.74) is 0.722. The van der Waals surface area contributed by atoms with Gasteiger partial charge >= 0.3 is 0 Å². The Morgan fingerprint density at radius 1 is 1.37 bits per heavy atom. The monoisotopic (exact) mass is 264 g/mol. The molecule has 2 atom stereocenters. The maximum absolute atomic E-state index is 11.8. The molecule has 0 amide bonds. The lowest BCUT2D eigenvalue weighted by molar-refractivity contribution is -0.124. The molecule has 3 heteroatoms. The number of hydrogen-bond donors (Lipinski definition) is 1. The highest BCUT2D eigenvalue weighted by Gasteiger charge is 2.35. The van der Waals surface area contributed by atoms with Crippen LogP contribution < -0.4 is 0 Å². The van der Waals surface area contributed by atoms with Gasteiger partial charge < -0.3 is 9.84 Å². The molecule has 0 radical (unpaired) electrons. The van der Waals surface area contributed by atoms with Gasteiger partial charge in [0.25, 0.3) is 0 Å². The average Bonchev–Trinajstić information content (AvgIpc) is 2.82. The molecule has 0 saturated heterocycles. The van der Waals surface area contributed by atoms with E-state index in [2.05, 4.69) is 19.1 Å². The second kappa shape index (κ2) is 6.90. The number of carbonyl (C=O) groups is 1. The number of allylic oxidation sites excluding steroid dienone is 2. The second-order valence-corrected chi connectivity index (χ2v) is 5.46. The van der Waals surface area contributed by atoms with Gasteiger partial charge in [-0.3, -0.25) is 4.79 Å². The quantitative estimate of drug-likeness (QED) is 0.591. The summed E-state index contributed by atoms with van der Waals surface area (Å²) in [4.78, 5) is 11.8. The van der Waals surface area contributed by atoms with Gasteiger partial charge in [0.2, 0.25) is 0 Å². The highest BCUT2D eigenvalue weighted by molar-refractivity contribution is 6.00. The summed E-state index contributed by atoms with van der Waals surface area (Å²) in [7, 11) is 0. The van der Waals surface area contributed by atoms with Crippen LogP contribution in [0.4, 0.5) is 0 Å². The van der Waals surface area contributed by atoms with Crippen LogP contribution in [0.3, 0.4) is 0 Å². The van der Waals surface area contributed by atoms with Crippen molar-refractivity contribution in [2.45, 2.75) is 70.5 Å². The topological polar surface area (TPSA) is 46.5 Å². The van der Waals surface area contributed by atoms with Gasteiger partial charge in [-0.25, -0.2) is 0 Å². The maximum atomic E-state index is 11.8. The van der Waals surface area contributed by atoms with Crippen LogP contribution in [-0.2, 0) is 9.53 Å². The Balaban J connectivity index is 1.75. The Bertz CT molecular complexity index is 381. The zero-order valence-electron chi connectivity index (χ0n) is 11.7. The average molecular weight is 264 g/mol. The minimum absolute atomic E-state index is 0.00502. The maximum Gasteiger partial charge on any atom is 0.190 e. The molecule has 3 nitrogen and oxygen atoms in total. The van der Waals surface area contributed by atoms with E-state index in [0.717, 1.165) is 17.8 Å². The molecular formula is C16H24O3. The number of aliphatic hydroxyl groups is 1. The molecule has 0 aromatic heterocycles. The molecule has 0 aromatic carbocycles. The van der Waals surface area contributed by atoms with Crippen molar-refractivity contribution >= 4 is 5.78 Å². The lowest BCUT2D eigenvalue weighted by Crippen LogP contribution is -2.25. The van der Waals surface area contributed by atoms with Crippen LogP contribution in [0.1, 0.15) is 58.3 Å². The predicted molar refractivity (Wildman–Crippen MR) is 74.7 cm³/mol. The molecule has 1 N–H and O–H groups in total. The standard InChI is InChI=1S/C16H24O3/c1-2-3-4-5-6-7-8-12-11-13-15(19-12)10-9-14(17)16(13)18/h7-8,12,14,17H,2-6,9-11H2,1H3/b8-7+/t12-,14-/m0/s1. The molecule has 2 aliphatic rings. The molecule has 1 heterocycles. The van der Waals surface area contributed by atoms with Gasteiger partial charge in [-0.15, -0.1) is 0 Å². The van der Waals surface area contributed by atoms with Crippen molar-refractivity contribution in [2.24, 2.45) is 0 Å². The van der Waals surface area contributed by atoms with E-state index in [1.165, 1.54) is 25.7 Å². The fourth-order valence-electron chi connectivity index (χ4n) is 2.70. The summed E-state index contributed by atoms with van der Waals surface area (Å²) in [6, 6.07) is 0. The zero-order valence-corrected chi connectivity index (χ0v) is 11.7. The predicted octanol–water partition coefficient (Wildman–Crippen LogP) is 3.28. The summed E-state index contributed by atoms with van der Waals surface area (Å²) >= 11 is 0. The smallest absolute Gasteiger partial charge is 0.190 e. The Kier molecular flexibility index (Phi) is 5.20. The molecule has 0 fully saturated rings. The first-order valence-corrected chi connectivity index (χ1v) is 7.50. The van der Waals surface area contributed by atoms with E-state index >= 15 is 0 Å². The number of carbonyl (C=O) groups excluding carboxylic acids is 1. The molecule has 106 valence electrons. The van der Waals surface area contributed by atoms with Gasteiger partial charge in [0.05, 0.1) is 0 Å². The SMILES string of the molecule is CCCCCC/C=C/[C@H]1CC2=C(CC[C@H](O)C2=O)O1. The summed E-state index contributed by atoms with van der Waals surface area (Å²) < 4.78 is 5.77. The van der Waals surface area contributed by atoms with Crippen LogP contribution in [0.25, 0.3) is 0 Å². The van der Waals surface area contributed by atoms with E-state index < -0.39 is 6.10 Å². The summed E-state index contributed by atoms with van der Waals surface area (Å²) in [6.07, 6.45) is 11.4. The van der Waals surface area contributed by atoms with E-state index in [1.807, 2.05) is 0 Å². The normalized spacial score (nSPS) is 26.9. The summed E-state index contributed by atoms with van der Waals surface area (Å²) in [5.74, 6) is 0.691. The van der Waals surface area contributed by atoms with Gasteiger partial charge in [0.1, 0.15) is 18.0 Å². The van der Waals surface area contributed by atoms with E-state index in [4.69, 9.17) is 4.74 Å². The van der Waals surface area contributed by atoms with Crippen molar-refractivity contribution in [2.75, 3.05) is 0 Å². The first-order valence-electron chi connectivity index (χ1n) is 7.50. The first-order chi connectivity index (χ1) is 9.22. The number of ketones is 1. The summed E-state index contributed by atoms with van der Waals surface area (Å²) in [5, 5.41) is 9.55. The van der Waals surface area contributed by atoms with Crippen molar-refractivity contribution < 1.29 is 14.6 Å². The molecule has 2 rings (SSSR count). The summed E-state index contributed by atoms with van der Waals surface area (Å²) in [6.45, 7) is 2.21. The molecule has 1 aliphatic carbocycles. The van der Waals surface area contributed by atoms with Gasteiger partial charge in [0.15, 0.2) is 5.78 Å². The number of aliphatic hydroxyl groups excluding tert-OH is 1. The Morgan fingerprint density at radius 2 is 2.21 bits per heavy atom. The minimum atomic E-state index is -0.806. The van der Waals surface area contributed by atoms with E-state index in [9.17, 15) is 9.90 Å². The fourth-order valence-corrected chi connectivity index (χ4v) is 2.70. The highest BCUT2D eigenvalue weighted by atomic mass is 16.5. The number of Topliss-reactive ketones (excluding diaryl/α,β-unsaturated/α-hetero) is 1. The van der Waals surface area contributed by atoms with E-state index in [0.29, 0.717) is 19.3 Å². The first kappa shape index (κ1) is 14.3. The van der Waals surface area contributed by atoms with Crippen LogP contribution in [0.2, 0.25) is 0 Å².